The molecule has 0 radical (unpaired) electrons. The Kier molecular flexibility index (Phi) is 6.76. The minimum absolute atomic E-state index is 0.0819. The van der Waals surface area contributed by atoms with Crippen LogP contribution in [0.3, 0.4) is 0 Å². The molecule has 0 aliphatic rings. The molecule has 21 heavy (non-hydrogen) atoms. The van der Waals surface area contributed by atoms with E-state index in [-0.39, 0.29) is 23.5 Å². The number of nitrogens with one attached hydrogen (secondary N) is 2. The van der Waals surface area contributed by atoms with E-state index in [0.29, 0.717) is 22.9 Å². The first-order chi connectivity index (χ1) is 9.79. The summed E-state index contributed by atoms with van der Waals surface area (Å²) in [6.07, 6.45) is 2.26. The van der Waals surface area contributed by atoms with Crippen LogP contribution in [0.2, 0.25) is 0 Å². The van der Waals surface area contributed by atoms with Crippen LogP contribution < -0.4 is 10.6 Å². The highest BCUT2D eigenvalue weighted by Gasteiger charge is 2.14. The zero-order chi connectivity index (χ0) is 16.0. The first-order valence-electron chi connectivity index (χ1n) is 6.33. The Labute approximate surface area is 129 Å². The Morgan fingerprint density at radius 2 is 2.14 bits per heavy atom. The van der Waals surface area contributed by atoms with Crippen LogP contribution in [0.25, 0.3) is 0 Å². The number of amides is 2. The number of thiazole rings is 1. The second kappa shape index (κ2) is 8.08. The van der Waals surface area contributed by atoms with Crippen molar-refractivity contribution in [3.05, 3.63) is 15.6 Å². The van der Waals surface area contributed by atoms with Crippen LogP contribution in [0.15, 0.2) is 0 Å². The second-order valence-electron chi connectivity index (χ2n) is 4.62. The van der Waals surface area contributed by atoms with E-state index in [1.165, 1.54) is 0 Å². The van der Waals surface area contributed by atoms with E-state index in [1.54, 1.807) is 13.2 Å². The lowest BCUT2D eigenvalue weighted by molar-refractivity contribution is 0.0701. The first kappa shape index (κ1) is 17.6. The highest BCUT2D eigenvalue weighted by Crippen LogP contribution is 2.17. The average molecular weight is 333 g/mol. The summed E-state index contributed by atoms with van der Waals surface area (Å²) in [5.74, 6) is -0.475. The van der Waals surface area contributed by atoms with E-state index in [0.717, 1.165) is 11.3 Å². The van der Waals surface area contributed by atoms with Crippen molar-refractivity contribution in [1.82, 2.24) is 15.6 Å². The third-order valence-electron chi connectivity index (χ3n) is 2.65. The van der Waals surface area contributed by atoms with Gasteiger partial charge < -0.3 is 15.7 Å². The quantitative estimate of drug-likeness (QED) is 0.692. The summed E-state index contributed by atoms with van der Waals surface area (Å²) in [6, 6.07) is -0.435. The summed E-state index contributed by atoms with van der Waals surface area (Å²) >= 11 is 1.05. The SMILES string of the molecule is Cc1nc(CNC(=O)NC(C)CCS(C)=O)sc1C(=O)O. The van der Waals surface area contributed by atoms with E-state index < -0.39 is 16.8 Å². The number of aromatic carboxylic acids is 1. The molecule has 1 aromatic heterocycles. The van der Waals surface area contributed by atoms with Gasteiger partial charge in [-0.1, -0.05) is 0 Å². The summed E-state index contributed by atoms with van der Waals surface area (Å²) < 4.78 is 11.0. The Balaban J connectivity index is 2.41. The van der Waals surface area contributed by atoms with E-state index in [2.05, 4.69) is 15.6 Å². The monoisotopic (exact) mass is 333 g/mol. The molecule has 118 valence electrons. The Bertz CT molecular complexity index is 545. The smallest absolute Gasteiger partial charge is 0.347 e. The van der Waals surface area contributed by atoms with Gasteiger partial charge in [-0.2, -0.15) is 0 Å². The zero-order valence-electron chi connectivity index (χ0n) is 12.1. The molecule has 0 spiro atoms. The summed E-state index contributed by atoms with van der Waals surface area (Å²) in [4.78, 5) is 26.8. The van der Waals surface area contributed by atoms with Gasteiger partial charge in [0.25, 0.3) is 0 Å². The molecule has 2 atom stereocenters. The molecule has 1 aromatic rings. The number of hydrogen-bond acceptors (Lipinski definition) is 5. The summed E-state index contributed by atoms with van der Waals surface area (Å²) in [5, 5.41) is 14.8. The van der Waals surface area contributed by atoms with Crippen LogP contribution in [0.4, 0.5) is 4.79 Å². The normalized spacial score (nSPS) is 13.5. The fraction of sp³-hybridized carbons (Fsp3) is 0.583. The molecule has 1 rings (SSSR count). The fourth-order valence-corrected chi connectivity index (χ4v) is 3.10. The lowest BCUT2D eigenvalue weighted by Crippen LogP contribution is -2.40. The minimum atomic E-state index is -1.01. The standard InChI is InChI=1S/C12H19N3O4S2/c1-7(4-5-21(3)19)14-12(18)13-6-9-15-8(2)10(20-9)11(16)17/h7H,4-6H2,1-3H3,(H,16,17)(H2,13,14,18). The molecule has 1 heterocycles. The van der Waals surface area contributed by atoms with Crippen LogP contribution in [0, 0.1) is 6.92 Å². The molecule has 2 amide bonds. The third-order valence-corrected chi connectivity index (χ3v) is 4.61. The molecule has 0 bridgehead atoms. The van der Waals surface area contributed by atoms with Gasteiger partial charge in [-0.25, -0.2) is 14.6 Å². The maximum Gasteiger partial charge on any atom is 0.347 e. The Morgan fingerprint density at radius 1 is 1.48 bits per heavy atom. The van der Waals surface area contributed by atoms with Crippen molar-refractivity contribution in [1.29, 1.82) is 0 Å². The van der Waals surface area contributed by atoms with Crippen molar-refractivity contribution in [2.75, 3.05) is 12.0 Å². The number of carbonyl (C=O) groups is 2. The van der Waals surface area contributed by atoms with Crippen molar-refractivity contribution in [3.8, 4) is 0 Å². The highest BCUT2D eigenvalue weighted by molar-refractivity contribution is 7.84. The van der Waals surface area contributed by atoms with Gasteiger partial charge in [0.15, 0.2) is 0 Å². The van der Waals surface area contributed by atoms with Crippen molar-refractivity contribution in [2.45, 2.75) is 32.9 Å². The van der Waals surface area contributed by atoms with Crippen LogP contribution in [0.5, 0.6) is 0 Å². The van der Waals surface area contributed by atoms with E-state index >= 15 is 0 Å². The molecule has 0 aromatic carbocycles. The fourth-order valence-electron chi connectivity index (χ4n) is 1.57. The van der Waals surface area contributed by atoms with Crippen molar-refractivity contribution < 1.29 is 18.9 Å². The maximum atomic E-state index is 11.7. The number of nitrogens with zero attached hydrogens (tertiary/aromatic N) is 1. The number of aryl methyl sites for hydroxylation is 1. The van der Waals surface area contributed by atoms with Crippen molar-refractivity contribution >= 4 is 34.1 Å². The van der Waals surface area contributed by atoms with Crippen LogP contribution >= 0.6 is 11.3 Å². The van der Waals surface area contributed by atoms with Crippen LogP contribution in [-0.2, 0) is 17.3 Å². The molecule has 0 aliphatic carbocycles. The number of urea groups is 1. The number of rotatable bonds is 7. The summed E-state index contributed by atoms with van der Waals surface area (Å²) in [6.45, 7) is 3.63. The molecule has 7 nitrogen and oxygen atoms in total. The van der Waals surface area contributed by atoms with E-state index in [9.17, 15) is 13.8 Å². The molecule has 9 heteroatoms. The largest absolute Gasteiger partial charge is 0.477 e. The molecule has 0 saturated heterocycles. The Hall–Kier alpha value is -1.48. The minimum Gasteiger partial charge on any atom is -0.477 e. The lowest BCUT2D eigenvalue weighted by Gasteiger charge is -2.13. The van der Waals surface area contributed by atoms with Gasteiger partial charge in [-0.15, -0.1) is 11.3 Å². The molecule has 0 fully saturated rings. The Morgan fingerprint density at radius 3 is 2.67 bits per heavy atom. The lowest BCUT2D eigenvalue weighted by atomic mass is 10.3. The number of aromatic nitrogens is 1. The van der Waals surface area contributed by atoms with Gasteiger partial charge in [-0.3, -0.25) is 4.21 Å². The molecular formula is C12H19N3O4S2. The first-order valence-corrected chi connectivity index (χ1v) is 8.88. The van der Waals surface area contributed by atoms with Crippen LogP contribution in [-0.4, -0.2) is 44.4 Å². The summed E-state index contributed by atoms with van der Waals surface area (Å²) in [5.41, 5.74) is 0.448. The highest BCUT2D eigenvalue weighted by atomic mass is 32.2. The molecule has 0 saturated carbocycles. The van der Waals surface area contributed by atoms with Gasteiger partial charge in [0, 0.05) is 28.9 Å². The average Bonchev–Trinajstić information content (AvgIpc) is 2.75. The predicted octanol–water partition coefficient (Wildman–Crippen LogP) is 1.11. The second-order valence-corrected chi connectivity index (χ2v) is 7.26. The van der Waals surface area contributed by atoms with Gasteiger partial charge in [-0.05, 0) is 20.3 Å². The van der Waals surface area contributed by atoms with Gasteiger partial charge in [0.2, 0.25) is 0 Å². The van der Waals surface area contributed by atoms with Gasteiger partial charge in [0.05, 0.1) is 12.2 Å². The summed E-state index contributed by atoms with van der Waals surface area (Å²) in [7, 11) is -0.874. The third kappa shape index (κ3) is 6.21. The molecule has 0 aliphatic heterocycles. The van der Waals surface area contributed by atoms with Crippen molar-refractivity contribution in [2.24, 2.45) is 0 Å². The zero-order valence-corrected chi connectivity index (χ0v) is 13.8. The number of carbonyl (C=O) groups excluding carboxylic acids is 1. The molecule has 2 unspecified atom stereocenters. The number of carboxylic acids is 1. The van der Waals surface area contributed by atoms with Crippen LogP contribution in [0.1, 0.15) is 33.7 Å². The number of carboxylic acid groups (broad SMARTS) is 1. The van der Waals surface area contributed by atoms with Gasteiger partial charge in [0.1, 0.15) is 9.88 Å². The van der Waals surface area contributed by atoms with E-state index in [1.807, 2.05) is 6.92 Å². The van der Waals surface area contributed by atoms with Gasteiger partial charge >= 0.3 is 12.0 Å². The van der Waals surface area contributed by atoms with E-state index in [4.69, 9.17) is 5.11 Å². The predicted molar refractivity (Wildman–Crippen MR) is 82.2 cm³/mol. The maximum absolute atomic E-state index is 11.7. The molecule has 3 N–H and O–H groups in total. The topological polar surface area (TPSA) is 108 Å². The van der Waals surface area contributed by atoms with Crippen molar-refractivity contribution in [3.63, 3.8) is 0 Å². The molecular weight excluding hydrogens is 314 g/mol. The number of hydrogen-bond donors (Lipinski definition) is 3.